The van der Waals surface area contributed by atoms with Crippen LogP contribution in [0, 0.1) is 0 Å². The summed E-state index contributed by atoms with van der Waals surface area (Å²) in [5, 5.41) is 37.8. The molecular weight excluding hydrogens is 252 g/mol. The minimum absolute atomic E-state index is 0.0369. The Morgan fingerprint density at radius 2 is 1.58 bits per heavy atom. The maximum atomic E-state index is 10.1. The first-order valence-corrected chi connectivity index (χ1v) is 5.91. The number of hydrogen-bond donors (Lipinski definition) is 4. The van der Waals surface area contributed by atoms with Crippen LogP contribution in [0.25, 0.3) is 0 Å². The Balaban J connectivity index is 3.23. The fourth-order valence-electron chi connectivity index (χ4n) is 1.86. The summed E-state index contributed by atoms with van der Waals surface area (Å²) in [4.78, 5) is 0. The van der Waals surface area contributed by atoms with Gasteiger partial charge >= 0.3 is 0 Å². The van der Waals surface area contributed by atoms with Gasteiger partial charge in [-0.15, -0.1) is 0 Å². The van der Waals surface area contributed by atoms with Crippen LogP contribution in [-0.2, 0) is 6.61 Å². The zero-order valence-electron chi connectivity index (χ0n) is 11.0. The number of benzene rings is 1. The molecule has 0 bridgehead atoms. The number of aliphatic hydroxyl groups is 4. The Labute approximate surface area is 111 Å². The third kappa shape index (κ3) is 3.57. The van der Waals surface area contributed by atoms with Gasteiger partial charge in [-0.25, -0.2) is 0 Å². The van der Waals surface area contributed by atoms with Gasteiger partial charge in [-0.1, -0.05) is 0 Å². The molecule has 0 amide bonds. The molecule has 6 nitrogen and oxygen atoms in total. The molecule has 0 fully saturated rings. The Hall–Kier alpha value is -1.34. The van der Waals surface area contributed by atoms with Gasteiger partial charge in [-0.2, -0.15) is 0 Å². The first-order chi connectivity index (χ1) is 9.08. The van der Waals surface area contributed by atoms with Crippen molar-refractivity contribution in [3.05, 3.63) is 23.3 Å². The summed E-state index contributed by atoms with van der Waals surface area (Å²) < 4.78 is 10.3. The number of rotatable bonds is 7. The second kappa shape index (κ2) is 7.30. The molecule has 0 saturated heterocycles. The second-order valence-corrected chi connectivity index (χ2v) is 4.10. The van der Waals surface area contributed by atoms with Crippen molar-refractivity contribution in [2.45, 2.75) is 25.2 Å². The molecule has 2 unspecified atom stereocenters. The molecule has 0 heterocycles. The summed E-state index contributed by atoms with van der Waals surface area (Å²) in [6, 6.07) is 3.12. The SMILES string of the molecule is COc1cc(CO)cc(OC)c1C(O)C(O)CCO. The molecular formula is C13H20O6. The number of ether oxygens (including phenoxy) is 2. The van der Waals surface area contributed by atoms with Crippen LogP contribution in [0.4, 0.5) is 0 Å². The van der Waals surface area contributed by atoms with Gasteiger partial charge < -0.3 is 29.9 Å². The first-order valence-electron chi connectivity index (χ1n) is 5.91. The molecule has 0 aliphatic carbocycles. The standard InChI is InChI=1S/C13H20O6/c1-18-10-5-8(7-15)6-11(19-2)12(10)13(17)9(16)3-4-14/h5-6,9,13-17H,3-4,7H2,1-2H3. The molecule has 19 heavy (non-hydrogen) atoms. The average molecular weight is 272 g/mol. The summed E-state index contributed by atoms with van der Waals surface area (Å²) in [6.45, 7) is -0.431. The van der Waals surface area contributed by atoms with Crippen molar-refractivity contribution in [3.63, 3.8) is 0 Å². The normalized spacial score (nSPS) is 14.0. The van der Waals surface area contributed by atoms with Crippen LogP contribution in [0.5, 0.6) is 11.5 Å². The van der Waals surface area contributed by atoms with E-state index in [9.17, 15) is 10.2 Å². The first kappa shape index (κ1) is 15.7. The van der Waals surface area contributed by atoms with Gasteiger partial charge in [0.1, 0.15) is 17.6 Å². The van der Waals surface area contributed by atoms with Gasteiger partial charge in [0.05, 0.1) is 32.5 Å². The van der Waals surface area contributed by atoms with Crippen LogP contribution in [0.15, 0.2) is 12.1 Å². The summed E-state index contributed by atoms with van der Waals surface area (Å²) >= 11 is 0. The molecule has 4 N–H and O–H groups in total. The zero-order valence-corrected chi connectivity index (χ0v) is 11.0. The minimum Gasteiger partial charge on any atom is -0.496 e. The van der Waals surface area contributed by atoms with E-state index in [1.807, 2.05) is 0 Å². The molecule has 1 rings (SSSR count). The van der Waals surface area contributed by atoms with E-state index in [1.54, 1.807) is 12.1 Å². The topological polar surface area (TPSA) is 99.4 Å². The monoisotopic (exact) mass is 272 g/mol. The van der Waals surface area contributed by atoms with Crippen molar-refractivity contribution in [1.29, 1.82) is 0 Å². The highest BCUT2D eigenvalue weighted by atomic mass is 16.5. The summed E-state index contributed by atoms with van der Waals surface area (Å²) in [6.07, 6.45) is -2.34. The summed E-state index contributed by atoms with van der Waals surface area (Å²) in [5.74, 6) is 0.626. The van der Waals surface area contributed by atoms with E-state index in [0.29, 0.717) is 22.6 Å². The fourth-order valence-corrected chi connectivity index (χ4v) is 1.86. The molecule has 0 saturated carbocycles. The predicted octanol–water partition coefficient (Wildman–Crippen LogP) is -0.0272. The van der Waals surface area contributed by atoms with Gasteiger partial charge in [0.25, 0.3) is 0 Å². The van der Waals surface area contributed by atoms with Crippen LogP contribution in [0.3, 0.4) is 0 Å². The Morgan fingerprint density at radius 1 is 1.05 bits per heavy atom. The highest BCUT2D eigenvalue weighted by molar-refractivity contribution is 5.49. The Bertz CT molecular complexity index is 381. The predicted molar refractivity (Wildman–Crippen MR) is 68.1 cm³/mol. The lowest BCUT2D eigenvalue weighted by Gasteiger charge is -2.22. The molecule has 2 atom stereocenters. The molecule has 0 aliphatic rings. The van der Waals surface area contributed by atoms with Crippen LogP contribution in [0.1, 0.15) is 23.7 Å². The van der Waals surface area contributed by atoms with Crippen LogP contribution < -0.4 is 9.47 Å². The van der Waals surface area contributed by atoms with Gasteiger partial charge in [0.2, 0.25) is 0 Å². The van der Waals surface area contributed by atoms with Crippen molar-refractivity contribution in [2.24, 2.45) is 0 Å². The average Bonchev–Trinajstić information content (AvgIpc) is 2.44. The van der Waals surface area contributed by atoms with E-state index >= 15 is 0 Å². The smallest absolute Gasteiger partial charge is 0.128 e. The Kier molecular flexibility index (Phi) is 6.04. The number of hydrogen-bond acceptors (Lipinski definition) is 6. The molecule has 0 radical (unpaired) electrons. The second-order valence-electron chi connectivity index (χ2n) is 4.10. The van der Waals surface area contributed by atoms with Crippen molar-refractivity contribution in [2.75, 3.05) is 20.8 Å². The van der Waals surface area contributed by atoms with E-state index in [1.165, 1.54) is 14.2 Å². The third-order valence-electron chi connectivity index (χ3n) is 2.87. The van der Waals surface area contributed by atoms with E-state index in [0.717, 1.165) is 0 Å². The number of aliphatic hydroxyl groups excluding tert-OH is 4. The van der Waals surface area contributed by atoms with E-state index in [4.69, 9.17) is 19.7 Å². The largest absolute Gasteiger partial charge is 0.496 e. The van der Waals surface area contributed by atoms with Crippen molar-refractivity contribution in [1.82, 2.24) is 0 Å². The molecule has 6 heteroatoms. The lowest BCUT2D eigenvalue weighted by Crippen LogP contribution is -2.21. The highest BCUT2D eigenvalue weighted by Crippen LogP contribution is 2.37. The quantitative estimate of drug-likeness (QED) is 0.556. The lowest BCUT2D eigenvalue weighted by molar-refractivity contribution is 0.00179. The van der Waals surface area contributed by atoms with Crippen LogP contribution in [0.2, 0.25) is 0 Å². The highest BCUT2D eigenvalue weighted by Gasteiger charge is 2.26. The van der Waals surface area contributed by atoms with Crippen LogP contribution >= 0.6 is 0 Å². The molecule has 1 aromatic carbocycles. The maximum absolute atomic E-state index is 10.1. The molecule has 1 aromatic rings. The van der Waals surface area contributed by atoms with E-state index < -0.39 is 12.2 Å². The molecule has 0 spiro atoms. The molecule has 0 aromatic heterocycles. The van der Waals surface area contributed by atoms with Gasteiger partial charge in [-0.05, 0) is 24.1 Å². The summed E-state index contributed by atoms with van der Waals surface area (Å²) in [5.41, 5.74) is 0.865. The van der Waals surface area contributed by atoms with Crippen LogP contribution in [-0.4, -0.2) is 47.4 Å². The van der Waals surface area contributed by atoms with E-state index in [-0.39, 0.29) is 19.6 Å². The Morgan fingerprint density at radius 3 is 1.95 bits per heavy atom. The van der Waals surface area contributed by atoms with Gasteiger partial charge in [0, 0.05) is 6.61 Å². The summed E-state index contributed by atoms with van der Waals surface area (Å²) in [7, 11) is 2.84. The van der Waals surface area contributed by atoms with Crippen molar-refractivity contribution in [3.8, 4) is 11.5 Å². The van der Waals surface area contributed by atoms with Crippen molar-refractivity contribution < 1.29 is 29.9 Å². The zero-order chi connectivity index (χ0) is 14.4. The van der Waals surface area contributed by atoms with Gasteiger partial charge in [-0.3, -0.25) is 0 Å². The van der Waals surface area contributed by atoms with E-state index in [2.05, 4.69) is 0 Å². The third-order valence-corrected chi connectivity index (χ3v) is 2.87. The van der Waals surface area contributed by atoms with Gasteiger partial charge in [0.15, 0.2) is 0 Å². The maximum Gasteiger partial charge on any atom is 0.128 e. The van der Waals surface area contributed by atoms with Crippen molar-refractivity contribution >= 4 is 0 Å². The lowest BCUT2D eigenvalue weighted by atomic mass is 9.98. The molecule has 108 valence electrons. The fraction of sp³-hybridized carbons (Fsp3) is 0.538. The molecule has 0 aliphatic heterocycles. The number of methoxy groups -OCH3 is 2. The minimum atomic E-state index is -1.25.